The number of rotatable bonds is 2. The molecule has 1 aliphatic heterocycles. The molecular formula is C15H12BrClN2. The molecule has 96 valence electrons. The van der Waals surface area contributed by atoms with E-state index in [1.54, 1.807) is 0 Å². The van der Waals surface area contributed by atoms with Crippen molar-refractivity contribution >= 4 is 33.2 Å². The lowest BCUT2D eigenvalue weighted by atomic mass is 9.99. The average Bonchev–Trinajstić information content (AvgIpc) is 2.83. The van der Waals surface area contributed by atoms with Crippen LogP contribution in [0.5, 0.6) is 0 Å². The Morgan fingerprint density at radius 1 is 1.00 bits per heavy atom. The molecule has 2 unspecified atom stereocenters. The molecule has 2 aromatic rings. The maximum Gasteiger partial charge on any atom is 0.0871 e. The molecule has 2 aromatic carbocycles. The minimum absolute atomic E-state index is 0.132. The van der Waals surface area contributed by atoms with E-state index in [9.17, 15) is 0 Å². The molecule has 1 heterocycles. The summed E-state index contributed by atoms with van der Waals surface area (Å²) in [6, 6.07) is 18.2. The fraction of sp³-hybridized carbons (Fsp3) is 0.133. The summed E-state index contributed by atoms with van der Waals surface area (Å²) in [7, 11) is 0. The quantitative estimate of drug-likeness (QED) is 0.819. The average molecular weight is 336 g/mol. The van der Waals surface area contributed by atoms with Crippen LogP contribution in [0.15, 0.2) is 59.7 Å². The minimum Gasteiger partial charge on any atom is -0.301 e. The Balaban J connectivity index is 1.85. The van der Waals surface area contributed by atoms with Crippen molar-refractivity contribution in [3.8, 4) is 0 Å². The van der Waals surface area contributed by atoms with Crippen molar-refractivity contribution in [3.05, 3.63) is 70.7 Å². The van der Waals surface area contributed by atoms with Gasteiger partial charge in [0, 0.05) is 5.02 Å². The van der Waals surface area contributed by atoms with E-state index in [1.807, 2.05) is 42.5 Å². The van der Waals surface area contributed by atoms with Crippen molar-refractivity contribution in [1.29, 1.82) is 0 Å². The van der Waals surface area contributed by atoms with E-state index in [0.29, 0.717) is 0 Å². The Morgan fingerprint density at radius 2 is 1.68 bits per heavy atom. The smallest absolute Gasteiger partial charge is 0.0871 e. The van der Waals surface area contributed by atoms with Gasteiger partial charge in [-0.25, -0.2) is 0 Å². The third kappa shape index (κ3) is 2.53. The van der Waals surface area contributed by atoms with Gasteiger partial charge >= 0.3 is 0 Å². The highest BCUT2D eigenvalue weighted by Crippen LogP contribution is 2.30. The van der Waals surface area contributed by atoms with Crippen LogP contribution in [0.2, 0.25) is 5.02 Å². The Labute approximate surface area is 125 Å². The van der Waals surface area contributed by atoms with Gasteiger partial charge in [0.05, 0.1) is 16.6 Å². The standard InChI is InChI=1S/C15H12BrClN2/c16-13-14(10-4-2-1-3-5-10)18-19-15(13)11-6-8-12(17)9-7-11/h1-9,13,15,19H. The van der Waals surface area contributed by atoms with Crippen LogP contribution in [0.25, 0.3) is 0 Å². The molecule has 0 fully saturated rings. The van der Waals surface area contributed by atoms with Gasteiger partial charge in [0.2, 0.25) is 0 Å². The molecule has 0 aromatic heterocycles. The lowest BCUT2D eigenvalue weighted by molar-refractivity contribution is 0.631. The normalized spacial score (nSPS) is 21.9. The summed E-state index contributed by atoms with van der Waals surface area (Å²) in [6.07, 6.45) is 0. The van der Waals surface area contributed by atoms with Crippen LogP contribution in [-0.4, -0.2) is 10.5 Å². The van der Waals surface area contributed by atoms with Gasteiger partial charge in [0.1, 0.15) is 0 Å². The van der Waals surface area contributed by atoms with E-state index in [2.05, 4.69) is 38.6 Å². The molecule has 0 bridgehead atoms. The fourth-order valence-corrected chi connectivity index (χ4v) is 3.09. The van der Waals surface area contributed by atoms with Crippen molar-refractivity contribution in [2.45, 2.75) is 10.9 Å². The molecule has 0 aliphatic carbocycles. The fourth-order valence-electron chi connectivity index (χ4n) is 2.17. The summed E-state index contributed by atoms with van der Waals surface area (Å²) in [5.74, 6) is 0. The summed E-state index contributed by atoms with van der Waals surface area (Å²) >= 11 is 9.66. The first-order chi connectivity index (χ1) is 9.25. The van der Waals surface area contributed by atoms with Crippen molar-refractivity contribution < 1.29 is 0 Å². The summed E-state index contributed by atoms with van der Waals surface area (Å²) in [6.45, 7) is 0. The van der Waals surface area contributed by atoms with E-state index >= 15 is 0 Å². The van der Waals surface area contributed by atoms with Crippen LogP contribution in [0.1, 0.15) is 17.2 Å². The zero-order valence-electron chi connectivity index (χ0n) is 10.1. The SMILES string of the molecule is Clc1ccc(C2NN=C(c3ccccc3)C2Br)cc1. The van der Waals surface area contributed by atoms with E-state index in [4.69, 9.17) is 11.6 Å². The summed E-state index contributed by atoms with van der Waals surface area (Å²) in [5, 5.41) is 5.20. The first kappa shape index (κ1) is 12.7. The highest BCUT2D eigenvalue weighted by Gasteiger charge is 2.31. The topological polar surface area (TPSA) is 24.4 Å². The molecule has 2 atom stereocenters. The predicted octanol–water partition coefficient (Wildman–Crippen LogP) is 4.15. The lowest BCUT2D eigenvalue weighted by Gasteiger charge is -2.15. The third-order valence-corrected chi connectivity index (χ3v) is 4.39. The highest BCUT2D eigenvalue weighted by molar-refractivity contribution is 9.10. The first-order valence-electron chi connectivity index (χ1n) is 6.04. The van der Waals surface area contributed by atoms with E-state index in [0.717, 1.165) is 16.3 Å². The van der Waals surface area contributed by atoms with Crippen LogP contribution >= 0.6 is 27.5 Å². The zero-order valence-corrected chi connectivity index (χ0v) is 12.4. The summed E-state index contributed by atoms with van der Waals surface area (Å²) < 4.78 is 0. The molecule has 1 aliphatic rings. The monoisotopic (exact) mass is 334 g/mol. The number of hydrogen-bond donors (Lipinski definition) is 1. The molecule has 3 rings (SSSR count). The Kier molecular flexibility index (Phi) is 3.58. The maximum absolute atomic E-state index is 5.92. The van der Waals surface area contributed by atoms with Crippen molar-refractivity contribution in [3.63, 3.8) is 0 Å². The van der Waals surface area contributed by atoms with Gasteiger partial charge in [0.25, 0.3) is 0 Å². The number of benzene rings is 2. The van der Waals surface area contributed by atoms with Gasteiger partial charge in [0.15, 0.2) is 0 Å². The summed E-state index contributed by atoms with van der Waals surface area (Å²) in [4.78, 5) is 0.149. The lowest BCUT2D eigenvalue weighted by Crippen LogP contribution is -2.21. The van der Waals surface area contributed by atoms with Crippen LogP contribution in [0, 0.1) is 0 Å². The van der Waals surface area contributed by atoms with Gasteiger partial charge in [-0.3, -0.25) is 0 Å². The van der Waals surface area contributed by atoms with Gasteiger partial charge in [-0.15, -0.1) is 0 Å². The zero-order chi connectivity index (χ0) is 13.2. The second-order valence-electron chi connectivity index (χ2n) is 4.42. The van der Waals surface area contributed by atoms with Gasteiger partial charge in [-0.2, -0.15) is 5.10 Å². The molecule has 0 amide bonds. The number of alkyl halides is 1. The van der Waals surface area contributed by atoms with Gasteiger partial charge in [-0.05, 0) is 23.3 Å². The predicted molar refractivity (Wildman–Crippen MR) is 83.0 cm³/mol. The number of nitrogens with zero attached hydrogens (tertiary/aromatic N) is 1. The first-order valence-corrected chi connectivity index (χ1v) is 7.33. The Hall–Kier alpha value is -1.32. The van der Waals surface area contributed by atoms with Crippen LogP contribution < -0.4 is 5.43 Å². The second kappa shape index (κ2) is 5.35. The minimum atomic E-state index is 0.132. The molecule has 19 heavy (non-hydrogen) atoms. The van der Waals surface area contributed by atoms with Crippen LogP contribution in [0.4, 0.5) is 0 Å². The summed E-state index contributed by atoms with van der Waals surface area (Å²) in [5.41, 5.74) is 6.52. The number of hydrogen-bond acceptors (Lipinski definition) is 2. The Morgan fingerprint density at radius 3 is 2.37 bits per heavy atom. The molecule has 1 N–H and O–H groups in total. The van der Waals surface area contributed by atoms with E-state index in [1.165, 1.54) is 5.56 Å². The van der Waals surface area contributed by atoms with E-state index < -0.39 is 0 Å². The van der Waals surface area contributed by atoms with Gasteiger partial charge in [-0.1, -0.05) is 70.0 Å². The molecule has 0 saturated heterocycles. The number of hydrazone groups is 1. The molecular weight excluding hydrogens is 324 g/mol. The van der Waals surface area contributed by atoms with Crippen LogP contribution in [-0.2, 0) is 0 Å². The van der Waals surface area contributed by atoms with Gasteiger partial charge < -0.3 is 5.43 Å². The Bertz CT molecular complexity index is 595. The van der Waals surface area contributed by atoms with Crippen molar-refractivity contribution in [2.24, 2.45) is 5.10 Å². The number of halogens is 2. The third-order valence-electron chi connectivity index (χ3n) is 3.18. The van der Waals surface area contributed by atoms with Crippen LogP contribution in [0.3, 0.4) is 0 Å². The molecule has 2 nitrogen and oxygen atoms in total. The number of nitrogens with one attached hydrogen (secondary N) is 1. The second-order valence-corrected chi connectivity index (χ2v) is 5.85. The molecule has 0 spiro atoms. The van der Waals surface area contributed by atoms with Crippen molar-refractivity contribution in [2.75, 3.05) is 0 Å². The maximum atomic E-state index is 5.92. The molecule has 0 saturated carbocycles. The largest absolute Gasteiger partial charge is 0.301 e. The van der Waals surface area contributed by atoms with E-state index in [-0.39, 0.29) is 10.9 Å². The van der Waals surface area contributed by atoms with Crippen molar-refractivity contribution in [1.82, 2.24) is 5.43 Å². The molecule has 4 heteroatoms. The highest BCUT2D eigenvalue weighted by atomic mass is 79.9. The molecule has 0 radical (unpaired) electrons.